The van der Waals surface area contributed by atoms with Gasteiger partial charge in [0.25, 0.3) is 0 Å². The Kier molecular flexibility index (Phi) is 5.13. The molecule has 0 saturated heterocycles. The summed E-state index contributed by atoms with van der Waals surface area (Å²) in [6.07, 6.45) is 0. The average molecular weight is 236 g/mol. The first-order valence-corrected chi connectivity index (χ1v) is 6.51. The minimum absolute atomic E-state index is 0.373. The van der Waals surface area contributed by atoms with Crippen molar-refractivity contribution >= 4 is 11.4 Å². The van der Waals surface area contributed by atoms with Gasteiger partial charge in [0.05, 0.1) is 5.69 Å². The monoisotopic (exact) mass is 236 g/mol. The highest BCUT2D eigenvalue weighted by Crippen LogP contribution is 2.37. The Labute approximate surface area is 105 Å². The van der Waals surface area contributed by atoms with Gasteiger partial charge >= 0.3 is 0 Å². The molecule has 0 radical (unpaired) electrons. The second-order valence-electron chi connectivity index (χ2n) is 3.99. The van der Waals surface area contributed by atoms with E-state index in [1.807, 2.05) is 6.07 Å². The molecule has 0 atom stereocenters. The summed E-state index contributed by atoms with van der Waals surface area (Å²) in [5, 5.41) is 10.1. The summed E-state index contributed by atoms with van der Waals surface area (Å²) in [5.74, 6) is 0.373. The molecule has 3 nitrogen and oxygen atoms in total. The molecule has 1 aromatic rings. The van der Waals surface area contributed by atoms with E-state index in [4.69, 9.17) is 0 Å². The van der Waals surface area contributed by atoms with E-state index in [1.54, 1.807) is 6.07 Å². The van der Waals surface area contributed by atoms with Crippen LogP contribution in [0.1, 0.15) is 27.7 Å². The molecule has 1 rings (SSSR count). The van der Waals surface area contributed by atoms with Gasteiger partial charge < -0.3 is 14.9 Å². The molecule has 0 fully saturated rings. The lowest BCUT2D eigenvalue weighted by atomic mass is 10.2. The van der Waals surface area contributed by atoms with Gasteiger partial charge in [-0.1, -0.05) is 6.07 Å². The number of benzene rings is 1. The van der Waals surface area contributed by atoms with Crippen LogP contribution in [0.5, 0.6) is 5.75 Å². The highest BCUT2D eigenvalue weighted by atomic mass is 16.3. The van der Waals surface area contributed by atoms with Crippen molar-refractivity contribution in [2.24, 2.45) is 0 Å². The Morgan fingerprint density at radius 2 is 1.41 bits per heavy atom. The van der Waals surface area contributed by atoms with Crippen molar-refractivity contribution in [2.75, 3.05) is 36.0 Å². The first kappa shape index (κ1) is 13.7. The van der Waals surface area contributed by atoms with Crippen molar-refractivity contribution in [3.63, 3.8) is 0 Å². The van der Waals surface area contributed by atoms with E-state index in [2.05, 4.69) is 43.6 Å². The molecular weight excluding hydrogens is 212 g/mol. The van der Waals surface area contributed by atoms with Gasteiger partial charge in [0.2, 0.25) is 0 Å². The third-order valence-corrected chi connectivity index (χ3v) is 3.18. The molecule has 0 spiro atoms. The van der Waals surface area contributed by atoms with Crippen molar-refractivity contribution in [1.82, 2.24) is 0 Å². The number of aromatic hydroxyl groups is 1. The summed E-state index contributed by atoms with van der Waals surface area (Å²) in [4.78, 5) is 4.47. The van der Waals surface area contributed by atoms with Crippen LogP contribution in [0.15, 0.2) is 18.2 Å². The zero-order valence-corrected chi connectivity index (χ0v) is 11.4. The van der Waals surface area contributed by atoms with Gasteiger partial charge in [-0.3, -0.25) is 0 Å². The maximum absolute atomic E-state index is 10.1. The summed E-state index contributed by atoms with van der Waals surface area (Å²) in [6, 6.07) is 5.76. The van der Waals surface area contributed by atoms with Crippen LogP contribution in [0, 0.1) is 0 Å². The highest BCUT2D eigenvalue weighted by Gasteiger charge is 2.16. The van der Waals surface area contributed by atoms with Crippen LogP contribution in [0.2, 0.25) is 0 Å². The molecule has 0 aliphatic rings. The largest absolute Gasteiger partial charge is 0.506 e. The molecule has 0 saturated carbocycles. The standard InChI is InChI=1S/C14H24N2O/c1-5-15(6-2)12-10-9-11-13(17)14(12)16(7-3)8-4/h9-11,17H,5-8H2,1-4H3. The number of hydrogen-bond donors (Lipinski definition) is 1. The predicted molar refractivity (Wildman–Crippen MR) is 75.2 cm³/mol. The SMILES string of the molecule is CCN(CC)c1cccc(O)c1N(CC)CC. The first-order valence-electron chi connectivity index (χ1n) is 6.51. The Morgan fingerprint density at radius 3 is 1.88 bits per heavy atom. The van der Waals surface area contributed by atoms with Crippen molar-refractivity contribution in [1.29, 1.82) is 0 Å². The number of para-hydroxylation sites is 1. The maximum atomic E-state index is 10.1. The zero-order chi connectivity index (χ0) is 12.8. The van der Waals surface area contributed by atoms with Crippen LogP contribution in [0.4, 0.5) is 11.4 Å². The molecule has 1 N–H and O–H groups in total. The summed E-state index contributed by atoms with van der Waals surface area (Å²) in [6.45, 7) is 12.2. The topological polar surface area (TPSA) is 26.7 Å². The van der Waals surface area contributed by atoms with Crippen LogP contribution < -0.4 is 9.80 Å². The van der Waals surface area contributed by atoms with E-state index in [-0.39, 0.29) is 0 Å². The number of hydrogen-bond acceptors (Lipinski definition) is 3. The Bertz CT molecular complexity index is 344. The summed E-state index contributed by atoms with van der Waals surface area (Å²) in [7, 11) is 0. The zero-order valence-electron chi connectivity index (χ0n) is 11.4. The van der Waals surface area contributed by atoms with Gasteiger partial charge in [0.1, 0.15) is 11.4 Å². The fraction of sp³-hybridized carbons (Fsp3) is 0.571. The minimum atomic E-state index is 0.373. The van der Waals surface area contributed by atoms with E-state index in [0.717, 1.165) is 37.6 Å². The number of rotatable bonds is 6. The molecule has 0 bridgehead atoms. The summed E-state index contributed by atoms with van der Waals surface area (Å²) in [5.41, 5.74) is 2.08. The molecule has 0 unspecified atom stereocenters. The number of phenolic OH excluding ortho intramolecular Hbond substituents is 1. The lowest BCUT2D eigenvalue weighted by molar-refractivity contribution is 0.474. The molecule has 1 aromatic carbocycles. The van der Waals surface area contributed by atoms with Crippen LogP contribution >= 0.6 is 0 Å². The van der Waals surface area contributed by atoms with Crippen molar-refractivity contribution in [3.05, 3.63) is 18.2 Å². The molecule has 0 aliphatic heterocycles. The molecule has 3 heteroatoms. The number of phenols is 1. The Hall–Kier alpha value is -1.38. The molecular formula is C14H24N2O. The average Bonchev–Trinajstić information content (AvgIpc) is 2.35. The smallest absolute Gasteiger partial charge is 0.141 e. The second kappa shape index (κ2) is 6.38. The summed E-state index contributed by atoms with van der Waals surface area (Å²) >= 11 is 0. The number of nitrogens with zero attached hydrogens (tertiary/aromatic N) is 2. The Morgan fingerprint density at radius 1 is 0.882 bits per heavy atom. The first-order chi connectivity index (χ1) is 8.19. The van der Waals surface area contributed by atoms with Crippen LogP contribution in [0.3, 0.4) is 0 Å². The van der Waals surface area contributed by atoms with Gasteiger partial charge in [0.15, 0.2) is 0 Å². The molecule has 96 valence electrons. The lowest BCUT2D eigenvalue weighted by Gasteiger charge is -2.30. The lowest BCUT2D eigenvalue weighted by Crippen LogP contribution is -2.28. The van der Waals surface area contributed by atoms with Gasteiger partial charge in [-0.2, -0.15) is 0 Å². The quantitative estimate of drug-likeness (QED) is 0.822. The summed E-state index contributed by atoms with van der Waals surface area (Å²) < 4.78 is 0. The van der Waals surface area contributed by atoms with E-state index in [0.29, 0.717) is 5.75 Å². The van der Waals surface area contributed by atoms with E-state index in [1.165, 1.54) is 0 Å². The van der Waals surface area contributed by atoms with Gasteiger partial charge in [0, 0.05) is 26.2 Å². The van der Waals surface area contributed by atoms with Crippen molar-refractivity contribution in [3.8, 4) is 5.75 Å². The molecule has 0 aromatic heterocycles. The fourth-order valence-electron chi connectivity index (χ4n) is 2.20. The highest BCUT2D eigenvalue weighted by molar-refractivity contribution is 5.77. The molecule has 17 heavy (non-hydrogen) atoms. The van der Waals surface area contributed by atoms with Crippen LogP contribution in [-0.2, 0) is 0 Å². The van der Waals surface area contributed by atoms with Crippen LogP contribution in [0.25, 0.3) is 0 Å². The minimum Gasteiger partial charge on any atom is -0.506 e. The molecule has 0 heterocycles. The van der Waals surface area contributed by atoms with Gasteiger partial charge in [-0.15, -0.1) is 0 Å². The van der Waals surface area contributed by atoms with Gasteiger partial charge in [-0.25, -0.2) is 0 Å². The van der Waals surface area contributed by atoms with Crippen LogP contribution in [-0.4, -0.2) is 31.3 Å². The second-order valence-corrected chi connectivity index (χ2v) is 3.99. The van der Waals surface area contributed by atoms with E-state index >= 15 is 0 Å². The Balaban J connectivity index is 3.24. The van der Waals surface area contributed by atoms with Crippen molar-refractivity contribution < 1.29 is 5.11 Å². The van der Waals surface area contributed by atoms with E-state index < -0.39 is 0 Å². The fourth-order valence-corrected chi connectivity index (χ4v) is 2.20. The third-order valence-electron chi connectivity index (χ3n) is 3.18. The normalized spacial score (nSPS) is 10.4. The van der Waals surface area contributed by atoms with Crippen molar-refractivity contribution in [2.45, 2.75) is 27.7 Å². The van der Waals surface area contributed by atoms with Gasteiger partial charge in [-0.05, 0) is 39.8 Å². The number of anilines is 2. The maximum Gasteiger partial charge on any atom is 0.141 e. The van der Waals surface area contributed by atoms with E-state index in [9.17, 15) is 5.11 Å². The molecule has 0 aliphatic carbocycles. The predicted octanol–water partition coefficient (Wildman–Crippen LogP) is 3.08. The molecule has 0 amide bonds. The third kappa shape index (κ3) is 2.84.